The Morgan fingerprint density at radius 3 is 1.93 bits per heavy atom. The standard InChI is InChI=1S/C8H8O2.C2H6.CH5N/c1-10-8(9)7-5-3-2-4-6-7;2*1-2/h2-6H,1H3;1-2H3;2H2,1H3. The van der Waals surface area contributed by atoms with Crippen molar-refractivity contribution in [2.24, 2.45) is 5.73 Å². The summed E-state index contributed by atoms with van der Waals surface area (Å²) in [6.45, 7) is 4.00. The van der Waals surface area contributed by atoms with Crippen molar-refractivity contribution in [3.05, 3.63) is 35.9 Å². The molecule has 2 N–H and O–H groups in total. The second-order valence-electron chi connectivity index (χ2n) is 1.86. The summed E-state index contributed by atoms with van der Waals surface area (Å²) in [5.41, 5.74) is 5.09. The van der Waals surface area contributed by atoms with E-state index in [0.717, 1.165) is 0 Å². The summed E-state index contributed by atoms with van der Waals surface area (Å²) < 4.78 is 4.50. The van der Waals surface area contributed by atoms with Crippen molar-refractivity contribution in [2.45, 2.75) is 13.8 Å². The van der Waals surface area contributed by atoms with Gasteiger partial charge in [0, 0.05) is 0 Å². The minimum absolute atomic E-state index is 0.291. The Bertz CT molecular complexity index is 222. The van der Waals surface area contributed by atoms with E-state index < -0.39 is 0 Å². The van der Waals surface area contributed by atoms with Crippen molar-refractivity contribution in [1.82, 2.24) is 0 Å². The molecule has 0 atom stereocenters. The van der Waals surface area contributed by atoms with E-state index in [0.29, 0.717) is 5.56 Å². The molecule has 0 unspecified atom stereocenters. The van der Waals surface area contributed by atoms with Gasteiger partial charge >= 0.3 is 5.97 Å². The second-order valence-corrected chi connectivity index (χ2v) is 1.86. The number of nitrogens with two attached hydrogens (primary N) is 1. The highest BCUT2D eigenvalue weighted by Gasteiger charge is 2.00. The molecule has 0 bridgehead atoms. The normalized spacial score (nSPS) is 7.21. The Hall–Kier alpha value is -1.35. The van der Waals surface area contributed by atoms with E-state index in [9.17, 15) is 4.79 Å². The first-order chi connectivity index (χ1) is 6.84. The number of methoxy groups -OCH3 is 1. The van der Waals surface area contributed by atoms with Crippen LogP contribution in [-0.4, -0.2) is 20.1 Å². The summed E-state index contributed by atoms with van der Waals surface area (Å²) in [5, 5.41) is 0. The zero-order chi connectivity index (χ0) is 11.4. The van der Waals surface area contributed by atoms with Crippen LogP contribution in [0.15, 0.2) is 30.3 Å². The van der Waals surface area contributed by atoms with Crippen LogP contribution in [0.1, 0.15) is 24.2 Å². The summed E-state index contributed by atoms with van der Waals surface area (Å²) >= 11 is 0. The molecule has 1 aromatic carbocycles. The van der Waals surface area contributed by atoms with Gasteiger partial charge in [0.25, 0.3) is 0 Å². The van der Waals surface area contributed by atoms with Crippen molar-refractivity contribution in [3.8, 4) is 0 Å². The van der Waals surface area contributed by atoms with E-state index >= 15 is 0 Å². The third kappa shape index (κ3) is 6.20. The van der Waals surface area contributed by atoms with E-state index in [1.54, 1.807) is 24.3 Å². The Morgan fingerprint density at radius 1 is 1.14 bits per heavy atom. The van der Waals surface area contributed by atoms with Gasteiger partial charge in [-0.3, -0.25) is 0 Å². The Morgan fingerprint density at radius 2 is 1.57 bits per heavy atom. The number of carbonyl (C=O) groups excluding carboxylic acids is 1. The van der Waals surface area contributed by atoms with Gasteiger partial charge in [0.1, 0.15) is 0 Å². The third-order valence-electron chi connectivity index (χ3n) is 1.19. The highest BCUT2D eigenvalue weighted by molar-refractivity contribution is 5.89. The fourth-order valence-electron chi connectivity index (χ4n) is 0.692. The molecule has 0 aliphatic carbocycles. The SMILES string of the molecule is CC.CN.COC(=O)c1ccccc1. The van der Waals surface area contributed by atoms with Crippen molar-refractivity contribution in [3.63, 3.8) is 0 Å². The van der Waals surface area contributed by atoms with Crippen LogP contribution in [0.4, 0.5) is 0 Å². The molecule has 0 aliphatic heterocycles. The number of benzene rings is 1. The monoisotopic (exact) mass is 197 g/mol. The number of ether oxygens (including phenoxy) is 1. The molecule has 14 heavy (non-hydrogen) atoms. The Balaban J connectivity index is 0. The maximum atomic E-state index is 10.8. The van der Waals surface area contributed by atoms with Crippen LogP contribution >= 0.6 is 0 Å². The largest absolute Gasteiger partial charge is 0.465 e. The summed E-state index contributed by atoms with van der Waals surface area (Å²) in [6.07, 6.45) is 0. The molecule has 0 radical (unpaired) electrons. The number of carbonyl (C=O) groups is 1. The van der Waals surface area contributed by atoms with Crippen molar-refractivity contribution in [1.29, 1.82) is 0 Å². The highest BCUT2D eigenvalue weighted by Crippen LogP contribution is 1.98. The quantitative estimate of drug-likeness (QED) is 0.701. The Kier molecular flexibility index (Phi) is 12.6. The Labute approximate surface area is 85.9 Å². The molecule has 0 aromatic heterocycles. The number of hydrogen-bond donors (Lipinski definition) is 1. The first-order valence-electron chi connectivity index (χ1n) is 4.55. The van der Waals surface area contributed by atoms with Crippen LogP contribution in [0.5, 0.6) is 0 Å². The van der Waals surface area contributed by atoms with Crippen molar-refractivity contribution >= 4 is 5.97 Å². The summed E-state index contributed by atoms with van der Waals surface area (Å²) in [4.78, 5) is 10.8. The van der Waals surface area contributed by atoms with E-state index in [-0.39, 0.29) is 5.97 Å². The zero-order valence-electron chi connectivity index (χ0n) is 9.28. The van der Waals surface area contributed by atoms with Gasteiger partial charge in [-0.1, -0.05) is 32.0 Å². The second kappa shape index (κ2) is 11.6. The van der Waals surface area contributed by atoms with Crippen LogP contribution in [0.3, 0.4) is 0 Å². The van der Waals surface area contributed by atoms with E-state index in [1.807, 2.05) is 19.9 Å². The minimum Gasteiger partial charge on any atom is -0.465 e. The molecule has 80 valence electrons. The lowest BCUT2D eigenvalue weighted by molar-refractivity contribution is 0.0601. The maximum absolute atomic E-state index is 10.8. The molecule has 1 rings (SSSR count). The average Bonchev–Trinajstić information content (AvgIpc) is 2.34. The van der Waals surface area contributed by atoms with E-state index in [1.165, 1.54) is 14.2 Å². The fraction of sp³-hybridized carbons (Fsp3) is 0.364. The lowest BCUT2D eigenvalue weighted by Gasteiger charge is -1.95. The topological polar surface area (TPSA) is 52.3 Å². The molecule has 0 saturated carbocycles. The van der Waals surface area contributed by atoms with Crippen LogP contribution in [0, 0.1) is 0 Å². The molecule has 1 aromatic rings. The smallest absolute Gasteiger partial charge is 0.337 e. The predicted octanol–water partition coefficient (Wildman–Crippen LogP) is 2.07. The summed E-state index contributed by atoms with van der Waals surface area (Å²) in [6, 6.07) is 8.88. The van der Waals surface area contributed by atoms with Crippen LogP contribution in [-0.2, 0) is 4.74 Å². The van der Waals surface area contributed by atoms with Gasteiger partial charge in [0.15, 0.2) is 0 Å². The number of hydrogen-bond acceptors (Lipinski definition) is 3. The van der Waals surface area contributed by atoms with Crippen LogP contribution in [0.2, 0.25) is 0 Å². The van der Waals surface area contributed by atoms with E-state index in [4.69, 9.17) is 0 Å². The average molecular weight is 197 g/mol. The van der Waals surface area contributed by atoms with Gasteiger partial charge in [-0.05, 0) is 19.2 Å². The lowest BCUT2D eigenvalue weighted by atomic mass is 10.2. The first kappa shape index (κ1) is 15.1. The van der Waals surface area contributed by atoms with Gasteiger partial charge in [-0.2, -0.15) is 0 Å². The van der Waals surface area contributed by atoms with Crippen molar-refractivity contribution in [2.75, 3.05) is 14.2 Å². The number of esters is 1. The van der Waals surface area contributed by atoms with Crippen LogP contribution < -0.4 is 5.73 Å². The van der Waals surface area contributed by atoms with Gasteiger partial charge in [-0.25, -0.2) is 4.79 Å². The molecule has 3 nitrogen and oxygen atoms in total. The molecule has 0 spiro atoms. The molecule has 0 heterocycles. The van der Waals surface area contributed by atoms with Gasteiger partial charge in [-0.15, -0.1) is 0 Å². The minimum atomic E-state index is -0.291. The zero-order valence-corrected chi connectivity index (χ0v) is 9.28. The van der Waals surface area contributed by atoms with Gasteiger partial charge < -0.3 is 10.5 Å². The van der Waals surface area contributed by atoms with Crippen LogP contribution in [0.25, 0.3) is 0 Å². The molecular weight excluding hydrogens is 178 g/mol. The predicted molar refractivity (Wildman–Crippen MR) is 59.2 cm³/mol. The van der Waals surface area contributed by atoms with E-state index in [2.05, 4.69) is 10.5 Å². The molecular formula is C11H19NO2. The maximum Gasteiger partial charge on any atom is 0.337 e. The molecule has 0 amide bonds. The number of rotatable bonds is 1. The highest BCUT2D eigenvalue weighted by atomic mass is 16.5. The molecule has 0 saturated heterocycles. The van der Waals surface area contributed by atoms with Gasteiger partial charge in [0.2, 0.25) is 0 Å². The first-order valence-corrected chi connectivity index (χ1v) is 4.55. The third-order valence-corrected chi connectivity index (χ3v) is 1.19. The molecule has 0 aliphatic rings. The van der Waals surface area contributed by atoms with Gasteiger partial charge in [0.05, 0.1) is 12.7 Å². The van der Waals surface area contributed by atoms with Crippen molar-refractivity contribution < 1.29 is 9.53 Å². The lowest BCUT2D eigenvalue weighted by Crippen LogP contribution is -1.99. The fourth-order valence-corrected chi connectivity index (χ4v) is 0.692. The summed E-state index contributed by atoms with van der Waals surface area (Å²) in [5.74, 6) is -0.291. The summed E-state index contributed by atoms with van der Waals surface area (Å²) in [7, 11) is 2.87. The molecule has 0 fully saturated rings. The molecule has 3 heteroatoms.